The second-order valence-electron chi connectivity index (χ2n) is 5.56. The predicted octanol–water partition coefficient (Wildman–Crippen LogP) is 2.31. The minimum Gasteiger partial charge on any atom is -0.393 e. The number of hydrogen-bond donors (Lipinski definition) is 3. The summed E-state index contributed by atoms with van der Waals surface area (Å²) >= 11 is 0. The molecule has 1 aliphatic heterocycles. The van der Waals surface area contributed by atoms with Gasteiger partial charge in [0.05, 0.1) is 22.9 Å². The van der Waals surface area contributed by atoms with E-state index in [1.54, 1.807) is 12.4 Å². The van der Waals surface area contributed by atoms with Crippen LogP contribution in [0.5, 0.6) is 0 Å². The first kappa shape index (κ1) is 14.7. The summed E-state index contributed by atoms with van der Waals surface area (Å²) in [6, 6.07) is 6.38. The number of rotatable bonds is 4. The number of fused-ring (bicyclic) bond motifs is 1. The summed E-state index contributed by atoms with van der Waals surface area (Å²) in [6.45, 7) is 2.18. The molecular weight excluding hydrogens is 274 g/mol. The smallest absolute Gasteiger partial charge is 0.0922 e. The van der Waals surface area contributed by atoms with Crippen LogP contribution in [-0.4, -0.2) is 36.3 Å². The van der Waals surface area contributed by atoms with Crippen LogP contribution in [-0.2, 0) is 0 Å². The van der Waals surface area contributed by atoms with Gasteiger partial charge in [0.1, 0.15) is 0 Å². The lowest BCUT2D eigenvalue weighted by atomic mass is 9.90. The molecule has 2 heterocycles. The van der Waals surface area contributed by atoms with Crippen molar-refractivity contribution in [3.05, 3.63) is 41.9 Å². The molecule has 0 bridgehead atoms. The molecule has 3 rings (SSSR count). The molecular formula is C17H21N5. The van der Waals surface area contributed by atoms with E-state index in [4.69, 9.17) is 5.41 Å². The summed E-state index contributed by atoms with van der Waals surface area (Å²) in [5.74, 6) is 0.619. The van der Waals surface area contributed by atoms with Crippen LogP contribution in [0.15, 0.2) is 30.6 Å². The Morgan fingerprint density at radius 1 is 1.32 bits per heavy atom. The van der Waals surface area contributed by atoms with E-state index in [1.165, 1.54) is 24.6 Å². The number of aromatic nitrogens is 2. The number of benzene rings is 1. The van der Waals surface area contributed by atoms with E-state index in [1.807, 2.05) is 13.1 Å². The SMILES string of the molecule is CN/C=C(\C=N)c1cnc2cc(C3CCNCC3)ccc2n1. The van der Waals surface area contributed by atoms with Gasteiger partial charge in [-0.05, 0) is 49.5 Å². The number of hydrogen-bond acceptors (Lipinski definition) is 5. The number of piperidine rings is 1. The molecule has 3 N–H and O–H groups in total. The van der Waals surface area contributed by atoms with Gasteiger partial charge in [0.15, 0.2) is 0 Å². The third kappa shape index (κ3) is 2.99. The maximum atomic E-state index is 7.47. The molecule has 0 amide bonds. The Kier molecular flexibility index (Phi) is 4.44. The molecule has 0 atom stereocenters. The Hall–Kier alpha value is -2.27. The fourth-order valence-corrected chi connectivity index (χ4v) is 2.92. The molecule has 1 aromatic carbocycles. The van der Waals surface area contributed by atoms with E-state index in [9.17, 15) is 0 Å². The summed E-state index contributed by atoms with van der Waals surface area (Å²) in [6.07, 6.45) is 7.14. The largest absolute Gasteiger partial charge is 0.393 e. The van der Waals surface area contributed by atoms with E-state index in [-0.39, 0.29) is 0 Å². The topological polar surface area (TPSA) is 73.7 Å². The van der Waals surface area contributed by atoms with Crippen LogP contribution in [0.1, 0.15) is 30.0 Å². The molecule has 2 aromatic rings. The van der Waals surface area contributed by atoms with Crippen LogP contribution in [0.3, 0.4) is 0 Å². The first-order valence-corrected chi connectivity index (χ1v) is 7.67. The van der Waals surface area contributed by atoms with Crippen LogP contribution in [0.25, 0.3) is 16.6 Å². The Balaban J connectivity index is 1.94. The second-order valence-corrected chi connectivity index (χ2v) is 5.56. The lowest BCUT2D eigenvalue weighted by molar-refractivity contribution is 0.460. The van der Waals surface area contributed by atoms with Gasteiger partial charge in [0, 0.05) is 25.0 Å². The van der Waals surface area contributed by atoms with E-state index in [0.29, 0.717) is 11.6 Å². The van der Waals surface area contributed by atoms with Crippen molar-refractivity contribution in [2.24, 2.45) is 0 Å². The third-order valence-electron chi connectivity index (χ3n) is 4.13. The normalized spacial score (nSPS) is 16.7. The maximum absolute atomic E-state index is 7.47. The molecule has 0 unspecified atom stereocenters. The highest BCUT2D eigenvalue weighted by atomic mass is 14.9. The first-order valence-electron chi connectivity index (χ1n) is 7.67. The Labute approximate surface area is 130 Å². The minimum atomic E-state index is 0.619. The molecule has 1 fully saturated rings. The van der Waals surface area contributed by atoms with Gasteiger partial charge in [-0.25, -0.2) is 4.98 Å². The molecule has 5 nitrogen and oxygen atoms in total. The van der Waals surface area contributed by atoms with Crippen molar-refractivity contribution in [3.8, 4) is 0 Å². The molecule has 114 valence electrons. The minimum absolute atomic E-state index is 0.619. The second kappa shape index (κ2) is 6.66. The highest BCUT2D eigenvalue weighted by Crippen LogP contribution is 2.27. The lowest BCUT2D eigenvalue weighted by Gasteiger charge is -2.23. The van der Waals surface area contributed by atoms with Crippen molar-refractivity contribution < 1.29 is 0 Å². The highest BCUT2D eigenvalue weighted by Gasteiger charge is 2.15. The monoisotopic (exact) mass is 295 g/mol. The van der Waals surface area contributed by atoms with Gasteiger partial charge in [0.2, 0.25) is 0 Å². The Bertz CT molecular complexity index is 701. The molecule has 0 radical (unpaired) electrons. The fourth-order valence-electron chi connectivity index (χ4n) is 2.92. The van der Waals surface area contributed by atoms with E-state index < -0.39 is 0 Å². The molecule has 0 saturated carbocycles. The van der Waals surface area contributed by atoms with Gasteiger partial charge in [-0.2, -0.15) is 0 Å². The number of nitrogens with one attached hydrogen (secondary N) is 3. The summed E-state index contributed by atoms with van der Waals surface area (Å²) < 4.78 is 0. The molecule has 0 aliphatic carbocycles. The quantitative estimate of drug-likeness (QED) is 0.757. The van der Waals surface area contributed by atoms with Gasteiger partial charge >= 0.3 is 0 Å². The van der Waals surface area contributed by atoms with Crippen molar-refractivity contribution in [2.45, 2.75) is 18.8 Å². The summed E-state index contributed by atoms with van der Waals surface area (Å²) in [4.78, 5) is 9.15. The molecule has 1 aliphatic rings. The number of allylic oxidation sites excluding steroid dienone is 1. The zero-order valence-corrected chi connectivity index (χ0v) is 12.8. The average molecular weight is 295 g/mol. The van der Waals surface area contributed by atoms with Gasteiger partial charge in [-0.1, -0.05) is 6.07 Å². The van der Waals surface area contributed by atoms with Crippen molar-refractivity contribution in [2.75, 3.05) is 20.1 Å². The van der Waals surface area contributed by atoms with E-state index >= 15 is 0 Å². The molecule has 5 heteroatoms. The van der Waals surface area contributed by atoms with Crippen molar-refractivity contribution in [3.63, 3.8) is 0 Å². The first-order chi connectivity index (χ1) is 10.8. The van der Waals surface area contributed by atoms with Crippen LogP contribution in [0, 0.1) is 5.41 Å². The van der Waals surface area contributed by atoms with Crippen molar-refractivity contribution in [1.82, 2.24) is 20.6 Å². The Morgan fingerprint density at radius 3 is 2.86 bits per heavy atom. The van der Waals surface area contributed by atoms with Crippen LogP contribution >= 0.6 is 0 Å². The van der Waals surface area contributed by atoms with Crippen molar-refractivity contribution >= 4 is 22.8 Å². The van der Waals surface area contributed by atoms with E-state index in [2.05, 4.69) is 32.7 Å². The molecule has 1 saturated heterocycles. The zero-order valence-electron chi connectivity index (χ0n) is 12.8. The zero-order chi connectivity index (χ0) is 15.4. The van der Waals surface area contributed by atoms with Gasteiger partial charge in [0.25, 0.3) is 0 Å². The van der Waals surface area contributed by atoms with Crippen molar-refractivity contribution in [1.29, 1.82) is 5.41 Å². The van der Waals surface area contributed by atoms with E-state index in [0.717, 1.165) is 29.7 Å². The summed E-state index contributed by atoms with van der Waals surface area (Å²) in [7, 11) is 1.81. The lowest BCUT2D eigenvalue weighted by Crippen LogP contribution is -2.26. The molecule has 22 heavy (non-hydrogen) atoms. The van der Waals surface area contributed by atoms with Gasteiger partial charge in [-0.3, -0.25) is 4.98 Å². The van der Waals surface area contributed by atoms with Crippen LogP contribution < -0.4 is 10.6 Å². The standard InChI is InChI=1S/C17H21N5/c1-19-10-14(9-18)17-11-21-16-8-13(2-3-15(16)22-17)12-4-6-20-7-5-12/h2-3,8-12,18-20H,4-7H2,1H3/b14-10+,18-9?. The highest BCUT2D eigenvalue weighted by molar-refractivity contribution is 6.07. The average Bonchev–Trinajstić information content (AvgIpc) is 2.59. The van der Waals surface area contributed by atoms with Crippen LogP contribution in [0.4, 0.5) is 0 Å². The van der Waals surface area contributed by atoms with Gasteiger partial charge in [-0.15, -0.1) is 0 Å². The van der Waals surface area contributed by atoms with Gasteiger partial charge < -0.3 is 16.0 Å². The summed E-state index contributed by atoms with van der Waals surface area (Å²) in [5, 5.41) is 13.8. The predicted molar refractivity (Wildman–Crippen MR) is 90.2 cm³/mol. The van der Waals surface area contributed by atoms with Crippen LogP contribution in [0.2, 0.25) is 0 Å². The Morgan fingerprint density at radius 2 is 2.14 bits per heavy atom. The summed E-state index contributed by atoms with van der Waals surface area (Å²) in [5.41, 5.74) is 4.59. The molecule has 1 aromatic heterocycles. The number of nitrogens with zero attached hydrogens (tertiary/aromatic N) is 2. The maximum Gasteiger partial charge on any atom is 0.0922 e. The third-order valence-corrected chi connectivity index (χ3v) is 4.13. The molecule has 0 spiro atoms. The fraction of sp³-hybridized carbons (Fsp3) is 0.353.